The predicted molar refractivity (Wildman–Crippen MR) is 67.2 cm³/mol. The van der Waals surface area contributed by atoms with Crippen LogP contribution in [0.1, 0.15) is 17.0 Å². The minimum atomic E-state index is 0.235. The third kappa shape index (κ3) is 2.11. The molecule has 0 amide bonds. The number of ether oxygens (including phenoxy) is 2. The van der Waals surface area contributed by atoms with Gasteiger partial charge in [-0.1, -0.05) is 0 Å². The number of aromatic nitrogens is 2. The summed E-state index contributed by atoms with van der Waals surface area (Å²) in [5.41, 5.74) is 8.39. The fourth-order valence-corrected chi connectivity index (χ4v) is 2.18. The van der Waals surface area contributed by atoms with E-state index in [1.165, 1.54) is 0 Å². The van der Waals surface area contributed by atoms with E-state index in [0.29, 0.717) is 24.7 Å². The van der Waals surface area contributed by atoms with E-state index in [0.717, 1.165) is 16.9 Å². The van der Waals surface area contributed by atoms with Gasteiger partial charge in [0.2, 0.25) is 5.82 Å². The van der Waals surface area contributed by atoms with E-state index in [4.69, 9.17) is 20.5 Å². The van der Waals surface area contributed by atoms with Crippen LogP contribution in [0.3, 0.4) is 0 Å². The zero-order valence-electron chi connectivity index (χ0n) is 10.2. The molecule has 0 bridgehead atoms. The van der Waals surface area contributed by atoms with Crippen LogP contribution in [-0.4, -0.2) is 16.3 Å². The maximum Gasteiger partial charge on any atom is 0.213 e. The number of nitrogen functional groups attached to an aromatic ring is 1. The summed E-state index contributed by atoms with van der Waals surface area (Å²) in [5.74, 6) is 1.15. The van der Waals surface area contributed by atoms with Crippen LogP contribution in [0.25, 0.3) is 0 Å². The van der Waals surface area contributed by atoms with Gasteiger partial charge in [0.05, 0.1) is 13.2 Å². The molecule has 2 heterocycles. The smallest absolute Gasteiger partial charge is 0.213 e. The van der Waals surface area contributed by atoms with Crippen LogP contribution in [0.2, 0.25) is 0 Å². The van der Waals surface area contributed by atoms with Gasteiger partial charge in [-0.2, -0.15) is 5.26 Å². The lowest BCUT2D eigenvalue weighted by atomic mass is 10.1. The fourth-order valence-electron chi connectivity index (χ4n) is 2.18. The molecule has 2 N–H and O–H groups in total. The molecule has 6 heteroatoms. The van der Waals surface area contributed by atoms with E-state index in [-0.39, 0.29) is 6.79 Å². The van der Waals surface area contributed by atoms with Crippen molar-refractivity contribution in [2.45, 2.75) is 13.2 Å². The summed E-state index contributed by atoms with van der Waals surface area (Å²) in [6.07, 6.45) is 3.36. The molecule has 19 heavy (non-hydrogen) atoms. The van der Waals surface area contributed by atoms with E-state index in [1.54, 1.807) is 17.0 Å². The van der Waals surface area contributed by atoms with Crippen molar-refractivity contribution in [1.82, 2.24) is 9.55 Å². The second-order valence-electron chi connectivity index (χ2n) is 4.27. The van der Waals surface area contributed by atoms with Gasteiger partial charge >= 0.3 is 0 Å². The zero-order chi connectivity index (χ0) is 13.2. The van der Waals surface area contributed by atoms with Crippen LogP contribution in [-0.2, 0) is 17.9 Å². The number of hydrogen-bond donors (Lipinski definition) is 1. The van der Waals surface area contributed by atoms with Crippen LogP contribution >= 0.6 is 0 Å². The van der Waals surface area contributed by atoms with Gasteiger partial charge in [-0.3, -0.25) is 0 Å². The first-order valence-corrected chi connectivity index (χ1v) is 5.81. The summed E-state index contributed by atoms with van der Waals surface area (Å²) in [6.45, 7) is 1.22. The van der Waals surface area contributed by atoms with Gasteiger partial charge in [-0.15, -0.1) is 0 Å². The van der Waals surface area contributed by atoms with Gasteiger partial charge in [0.25, 0.3) is 0 Å². The third-order valence-corrected chi connectivity index (χ3v) is 2.97. The lowest BCUT2D eigenvalue weighted by molar-refractivity contribution is -0.0170. The Morgan fingerprint density at radius 3 is 3.21 bits per heavy atom. The number of imidazole rings is 1. The van der Waals surface area contributed by atoms with Crippen LogP contribution in [0.5, 0.6) is 5.75 Å². The van der Waals surface area contributed by atoms with Gasteiger partial charge in [0.1, 0.15) is 11.8 Å². The lowest BCUT2D eigenvalue weighted by Crippen LogP contribution is -2.15. The van der Waals surface area contributed by atoms with Gasteiger partial charge in [-0.05, 0) is 12.1 Å². The Hall–Kier alpha value is -2.52. The van der Waals surface area contributed by atoms with E-state index < -0.39 is 0 Å². The predicted octanol–water partition coefficient (Wildman–Crippen LogP) is 1.25. The summed E-state index contributed by atoms with van der Waals surface area (Å²) < 4.78 is 12.5. The number of nitrogens with two attached hydrogens (primary N) is 1. The third-order valence-electron chi connectivity index (χ3n) is 2.97. The topological polar surface area (TPSA) is 86.1 Å². The number of nitrogens with zero attached hydrogens (tertiary/aromatic N) is 3. The second kappa shape index (κ2) is 4.63. The van der Waals surface area contributed by atoms with Gasteiger partial charge in [0.15, 0.2) is 6.79 Å². The standard InChI is InChI=1S/C13H12N4O2/c14-5-12-16-1-2-17(12)6-9-3-11(15)4-10-7-18-8-19-13(9)10/h1-4H,6-8,15H2. The summed E-state index contributed by atoms with van der Waals surface area (Å²) in [7, 11) is 0. The SMILES string of the molecule is N#Cc1nccn1Cc1cc(N)cc2c1OCOC2. The average molecular weight is 256 g/mol. The normalized spacial score (nSPS) is 13.4. The Bertz CT molecular complexity index is 657. The van der Waals surface area contributed by atoms with Gasteiger partial charge in [0, 0.05) is 29.2 Å². The fraction of sp³-hybridized carbons (Fsp3) is 0.231. The lowest BCUT2D eigenvalue weighted by Gasteiger charge is -2.21. The minimum Gasteiger partial charge on any atom is -0.467 e. The molecule has 3 rings (SSSR count). The molecule has 0 fully saturated rings. The number of fused-ring (bicyclic) bond motifs is 1. The molecule has 2 aromatic rings. The number of rotatable bonds is 2. The zero-order valence-corrected chi connectivity index (χ0v) is 10.2. The summed E-state index contributed by atoms with van der Waals surface area (Å²) in [5, 5.41) is 8.97. The van der Waals surface area contributed by atoms with Crippen molar-refractivity contribution >= 4 is 5.69 Å². The van der Waals surface area contributed by atoms with Crippen molar-refractivity contribution in [3.8, 4) is 11.8 Å². The van der Waals surface area contributed by atoms with E-state index >= 15 is 0 Å². The maximum atomic E-state index is 8.97. The monoisotopic (exact) mass is 256 g/mol. The van der Waals surface area contributed by atoms with Gasteiger partial charge < -0.3 is 19.8 Å². The summed E-state index contributed by atoms with van der Waals surface area (Å²) in [4.78, 5) is 3.97. The van der Waals surface area contributed by atoms with E-state index in [2.05, 4.69) is 4.98 Å². The van der Waals surface area contributed by atoms with Crippen molar-refractivity contribution in [1.29, 1.82) is 5.26 Å². The Morgan fingerprint density at radius 2 is 2.37 bits per heavy atom. The highest BCUT2D eigenvalue weighted by Crippen LogP contribution is 2.31. The molecule has 0 spiro atoms. The Morgan fingerprint density at radius 1 is 1.47 bits per heavy atom. The molecule has 0 saturated heterocycles. The summed E-state index contributed by atoms with van der Waals surface area (Å²) in [6, 6.07) is 5.74. The highest BCUT2D eigenvalue weighted by molar-refractivity contribution is 5.53. The summed E-state index contributed by atoms with van der Waals surface area (Å²) >= 11 is 0. The molecule has 0 saturated carbocycles. The number of anilines is 1. The van der Waals surface area contributed by atoms with Crippen LogP contribution in [0, 0.1) is 11.3 Å². The first-order chi connectivity index (χ1) is 9.28. The molecule has 1 aliphatic heterocycles. The molecule has 6 nitrogen and oxygen atoms in total. The number of hydrogen-bond acceptors (Lipinski definition) is 5. The van der Waals surface area contributed by atoms with Crippen molar-refractivity contribution in [3.63, 3.8) is 0 Å². The molecule has 0 unspecified atom stereocenters. The molecular formula is C13H12N4O2. The quantitative estimate of drug-likeness (QED) is 0.817. The van der Waals surface area contributed by atoms with Crippen molar-refractivity contribution in [2.75, 3.05) is 12.5 Å². The van der Waals surface area contributed by atoms with Crippen molar-refractivity contribution in [3.05, 3.63) is 41.5 Å². The average Bonchev–Trinajstić information content (AvgIpc) is 2.86. The van der Waals surface area contributed by atoms with Crippen molar-refractivity contribution in [2.24, 2.45) is 0 Å². The molecule has 1 aromatic heterocycles. The largest absolute Gasteiger partial charge is 0.467 e. The molecule has 1 aliphatic rings. The van der Waals surface area contributed by atoms with E-state index in [1.807, 2.05) is 18.2 Å². The molecule has 1 aromatic carbocycles. The Kier molecular flexibility index (Phi) is 2.82. The molecule has 0 radical (unpaired) electrons. The number of nitriles is 1. The first kappa shape index (κ1) is 11.6. The molecular weight excluding hydrogens is 244 g/mol. The van der Waals surface area contributed by atoms with Crippen LogP contribution in [0.4, 0.5) is 5.69 Å². The Balaban J connectivity index is 2.01. The second-order valence-corrected chi connectivity index (χ2v) is 4.27. The van der Waals surface area contributed by atoms with Crippen LogP contribution in [0.15, 0.2) is 24.5 Å². The highest BCUT2D eigenvalue weighted by Gasteiger charge is 2.17. The minimum absolute atomic E-state index is 0.235. The molecule has 0 aliphatic carbocycles. The van der Waals surface area contributed by atoms with Crippen LogP contribution < -0.4 is 10.5 Å². The Labute approximate surface area is 110 Å². The van der Waals surface area contributed by atoms with E-state index in [9.17, 15) is 0 Å². The van der Waals surface area contributed by atoms with Gasteiger partial charge in [-0.25, -0.2) is 4.98 Å². The number of benzene rings is 1. The highest BCUT2D eigenvalue weighted by atomic mass is 16.7. The van der Waals surface area contributed by atoms with Crippen molar-refractivity contribution < 1.29 is 9.47 Å². The molecule has 96 valence electrons. The maximum absolute atomic E-state index is 8.97. The first-order valence-electron chi connectivity index (χ1n) is 5.81. The molecule has 0 atom stereocenters.